The second kappa shape index (κ2) is 5.63. The summed E-state index contributed by atoms with van der Waals surface area (Å²) in [7, 11) is 1.65. The molecule has 1 aliphatic heterocycles. The highest BCUT2D eigenvalue weighted by molar-refractivity contribution is 5.63. The van der Waals surface area contributed by atoms with Crippen molar-refractivity contribution >= 4 is 0 Å². The Bertz CT molecular complexity index is 582. The lowest BCUT2D eigenvalue weighted by Gasteiger charge is -2.25. The summed E-state index contributed by atoms with van der Waals surface area (Å²) in [6, 6.07) is 8.21. The molecule has 0 saturated carbocycles. The summed E-state index contributed by atoms with van der Waals surface area (Å²) in [5.41, 5.74) is 0.868. The topological polar surface area (TPSA) is 60.2 Å². The van der Waals surface area contributed by atoms with Gasteiger partial charge in [0.2, 0.25) is 11.7 Å². The van der Waals surface area contributed by atoms with E-state index in [1.54, 1.807) is 7.11 Å². The van der Waals surface area contributed by atoms with Crippen LogP contribution in [0.4, 0.5) is 0 Å². The zero-order valence-electron chi connectivity index (χ0n) is 11.8. The minimum absolute atomic E-state index is 0.349. The van der Waals surface area contributed by atoms with Crippen LogP contribution in [0.2, 0.25) is 0 Å². The van der Waals surface area contributed by atoms with Crippen LogP contribution in [0.1, 0.15) is 31.6 Å². The Morgan fingerprint density at radius 2 is 2.20 bits per heavy atom. The Labute approximate surface area is 118 Å². The molecule has 0 spiro atoms. The van der Waals surface area contributed by atoms with E-state index in [0.29, 0.717) is 17.8 Å². The van der Waals surface area contributed by atoms with Gasteiger partial charge < -0.3 is 14.6 Å². The Balaban J connectivity index is 1.86. The van der Waals surface area contributed by atoms with E-state index in [2.05, 4.69) is 22.4 Å². The lowest BCUT2D eigenvalue weighted by atomic mass is 9.93. The van der Waals surface area contributed by atoms with Crippen LogP contribution in [0.25, 0.3) is 11.4 Å². The van der Waals surface area contributed by atoms with E-state index < -0.39 is 0 Å². The average molecular weight is 273 g/mol. The van der Waals surface area contributed by atoms with Gasteiger partial charge in [0.25, 0.3) is 0 Å². The molecule has 5 nitrogen and oxygen atoms in total. The van der Waals surface area contributed by atoms with Crippen molar-refractivity contribution < 1.29 is 9.26 Å². The maximum Gasteiger partial charge on any atom is 0.230 e. The van der Waals surface area contributed by atoms with E-state index in [4.69, 9.17) is 9.26 Å². The first-order chi connectivity index (χ1) is 9.78. The molecule has 2 heterocycles. The van der Waals surface area contributed by atoms with E-state index >= 15 is 0 Å². The first-order valence-corrected chi connectivity index (χ1v) is 6.98. The molecule has 1 aliphatic rings. The summed E-state index contributed by atoms with van der Waals surface area (Å²) >= 11 is 0. The van der Waals surface area contributed by atoms with E-state index in [1.807, 2.05) is 24.3 Å². The normalized spacial score (nSPS) is 22.7. The Kier molecular flexibility index (Phi) is 3.69. The lowest BCUT2D eigenvalue weighted by Crippen LogP contribution is -2.34. The molecule has 20 heavy (non-hydrogen) atoms. The van der Waals surface area contributed by atoms with Gasteiger partial charge in [-0.2, -0.15) is 4.98 Å². The summed E-state index contributed by atoms with van der Waals surface area (Å²) in [5.74, 6) is 2.45. The average Bonchev–Trinajstić information content (AvgIpc) is 2.97. The van der Waals surface area contributed by atoms with E-state index in [9.17, 15) is 0 Å². The smallest absolute Gasteiger partial charge is 0.230 e. The SMILES string of the molecule is COc1ccccc1-c1noc([C@H]2CCN[C@@H](C)C2)n1. The van der Waals surface area contributed by atoms with E-state index in [-0.39, 0.29) is 0 Å². The highest BCUT2D eigenvalue weighted by atomic mass is 16.5. The first kappa shape index (κ1) is 13.1. The number of nitrogens with zero attached hydrogens (tertiary/aromatic N) is 2. The van der Waals surface area contributed by atoms with Crippen molar-refractivity contribution in [1.29, 1.82) is 0 Å². The summed E-state index contributed by atoms with van der Waals surface area (Å²) < 4.78 is 10.8. The third kappa shape index (κ3) is 2.54. The van der Waals surface area contributed by atoms with Gasteiger partial charge in [-0.25, -0.2) is 0 Å². The predicted octanol–water partition coefficient (Wildman–Crippen LogP) is 2.60. The van der Waals surface area contributed by atoms with Gasteiger partial charge in [-0.15, -0.1) is 0 Å². The van der Waals surface area contributed by atoms with Gasteiger partial charge in [0.15, 0.2) is 0 Å². The van der Waals surface area contributed by atoms with Crippen molar-refractivity contribution in [3.05, 3.63) is 30.2 Å². The number of methoxy groups -OCH3 is 1. The molecule has 0 aliphatic carbocycles. The lowest BCUT2D eigenvalue weighted by molar-refractivity contribution is 0.295. The summed E-state index contributed by atoms with van der Waals surface area (Å²) in [6.45, 7) is 3.18. The van der Waals surface area contributed by atoms with Crippen LogP contribution in [0.5, 0.6) is 5.75 Å². The highest BCUT2D eigenvalue weighted by Gasteiger charge is 2.25. The maximum atomic E-state index is 5.46. The quantitative estimate of drug-likeness (QED) is 0.931. The number of aromatic nitrogens is 2. The Morgan fingerprint density at radius 3 is 3.00 bits per heavy atom. The number of para-hydroxylation sites is 1. The van der Waals surface area contributed by atoms with Crippen LogP contribution in [-0.2, 0) is 0 Å². The molecule has 106 valence electrons. The molecule has 0 bridgehead atoms. The fourth-order valence-electron chi connectivity index (χ4n) is 2.70. The van der Waals surface area contributed by atoms with Gasteiger partial charge >= 0.3 is 0 Å². The summed E-state index contributed by atoms with van der Waals surface area (Å²) in [5, 5.41) is 7.54. The minimum atomic E-state index is 0.349. The number of rotatable bonds is 3. The summed E-state index contributed by atoms with van der Waals surface area (Å²) in [6.07, 6.45) is 2.07. The van der Waals surface area contributed by atoms with Gasteiger partial charge in [0.1, 0.15) is 5.75 Å². The molecule has 0 amide bonds. The van der Waals surface area contributed by atoms with Crippen molar-refractivity contribution in [2.45, 2.75) is 31.7 Å². The Morgan fingerprint density at radius 1 is 1.35 bits per heavy atom. The van der Waals surface area contributed by atoms with E-state index in [1.165, 1.54) is 0 Å². The fraction of sp³-hybridized carbons (Fsp3) is 0.467. The molecular formula is C15H19N3O2. The molecule has 2 aromatic rings. The standard InChI is InChI=1S/C15H19N3O2/c1-10-9-11(7-8-16-10)15-17-14(18-20-15)12-5-3-4-6-13(12)19-2/h3-6,10-11,16H,7-9H2,1-2H3/t10-,11-/m0/s1. The van der Waals surface area contributed by atoms with Gasteiger partial charge in [-0.3, -0.25) is 0 Å². The molecule has 5 heteroatoms. The van der Waals surface area contributed by atoms with Crippen molar-refractivity contribution in [1.82, 2.24) is 15.5 Å². The predicted molar refractivity (Wildman–Crippen MR) is 75.7 cm³/mol. The van der Waals surface area contributed by atoms with Crippen LogP contribution < -0.4 is 10.1 Å². The third-order valence-corrected chi connectivity index (χ3v) is 3.76. The van der Waals surface area contributed by atoms with Crippen LogP contribution in [0, 0.1) is 0 Å². The number of nitrogens with one attached hydrogen (secondary N) is 1. The van der Waals surface area contributed by atoms with Gasteiger partial charge in [-0.05, 0) is 38.4 Å². The van der Waals surface area contributed by atoms with Crippen molar-refractivity contribution in [3.8, 4) is 17.1 Å². The molecule has 2 atom stereocenters. The van der Waals surface area contributed by atoms with Crippen LogP contribution in [0.15, 0.2) is 28.8 Å². The van der Waals surface area contributed by atoms with Gasteiger partial charge in [0, 0.05) is 12.0 Å². The number of benzene rings is 1. The van der Waals surface area contributed by atoms with Crippen LogP contribution in [-0.4, -0.2) is 29.8 Å². The van der Waals surface area contributed by atoms with Gasteiger partial charge in [0.05, 0.1) is 12.7 Å². The van der Waals surface area contributed by atoms with E-state index in [0.717, 1.165) is 36.6 Å². The molecule has 0 unspecified atom stereocenters. The zero-order chi connectivity index (χ0) is 13.9. The second-order valence-corrected chi connectivity index (χ2v) is 5.23. The number of piperidine rings is 1. The minimum Gasteiger partial charge on any atom is -0.496 e. The number of ether oxygens (including phenoxy) is 1. The molecule has 0 radical (unpaired) electrons. The molecule has 1 N–H and O–H groups in total. The number of hydrogen-bond acceptors (Lipinski definition) is 5. The Hall–Kier alpha value is -1.88. The maximum absolute atomic E-state index is 5.46. The van der Waals surface area contributed by atoms with Gasteiger partial charge in [-0.1, -0.05) is 17.3 Å². The zero-order valence-corrected chi connectivity index (χ0v) is 11.8. The van der Waals surface area contributed by atoms with Crippen molar-refractivity contribution in [2.75, 3.05) is 13.7 Å². The first-order valence-electron chi connectivity index (χ1n) is 6.98. The monoisotopic (exact) mass is 273 g/mol. The molecule has 1 aromatic heterocycles. The molecule has 1 aromatic carbocycles. The highest BCUT2D eigenvalue weighted by Crippen LogP contribution is 2.31. The van der Waals surface area contributed by atoms with Crippen LogP contribution >= 0.6 is 0 Å². The number of hydrogen-bond donors (Lipinski definition) is 1. The third-order valence-electron chi connectivity index (χ3n) is 3.76. The molecular weight excluding hydrogens is 254 g/mol. The van der Waals surface area contributed by atoms with Crippen molar-refractivity contribution in [3.63, 3.8) is 0 Å². The molecule has 3 rings (SSSR count). The van der Waals surface area contributed by atoms with Crippen LogP contribution in [0.3, 0.4) is 0 Å². The molecule has 1 fully saturated rings. The summed E-state index contributed by atoms with van der Waals surface area (Å²) in [4.78, 5) is 4.56. The fourth-order valence-corrected chi connectivity index (χ4v) is 2.70. The van der Waals surface area contributed by atoms with Crippen molar-refractivity contribution in [2.24, 2.45) is 0 Å². The second-order valence-electron chi connectivity index (χ2n) is 5.23. The largest absolute Gasteiger partial charge is 0.496 e. The molecule has 1 saturated heterocycles.